The molecule has 2 rings (SSSR count). The average Bonchev–Trinajstić information content (AvgIpc) is 2.87. The van der Waals surface area contributed by atoms with Gasteiger partial charge in [0.1, 0.15) is 0 Å². The molecule has 1 N–H and O–H groups in total. The fourth-order valence-corrected chi connectivity index (χ4v) is 3.22. The first-order valence-corrected chi connectivity index (χ1v) is 6.58. The van der Waals surface area contributed by atoms with Gasteiger partial charge in [0, 0.05) is 5.92 Å². The molecule has 0 spiro atoms. The van der Waals surface area contributed by atoms with Crippen molar-refractivity contribution in [3.05, 3.63) is 0 Å². The normalized spacial score (nSPS) is 36.4. The molecule has 0 amide bonds. The van der Waals surface area contributed by atoms with Gasteiger partial charge in [-0.1, -0.05) is 26.7 Å². The number of ether oxygens (including phenoxy) is 1. The number of aliphatic hydroxyl groups is 1. The third-order valence-corrected chi connectivity index (χ3v) is 4.38. The maximum atomic E-state index is 10.2. The second kappa shape index (κ2) is 4.84. The van der Waals surface area contributed by atoms with E-state index in [0.717, 1.165) is 12.8 Å². The largest absolute Gasteiger partial charge is 0.393 e. The third-order valence-electron chi connectivity index (χ3n) is 4.38. The summed E-state index contributed by atoms with van der Waals surface area (Å²) in [6, 6.07) is 0. The van der Waals surface area contributed by atoms with Crippen molar-refractivity contribution in [1.29, 1.82) is 0 Å². The van der Waals surface area contributed by atoms with Crippen LogP contribution in [-0.2, 0) is 4.74 Å². The third kappa shape index (κ3) is 2.36. The minimum atomic E-state index is -0.120. The van der Waals surface area contributed by atoms with Crippen LogP contribution in [0.4, 0.5) is 0 Å². The first kappa shape index (κ1) is 11.4. The summed E-state index contributed by atoms with van der Waals surface area (Å²) in [6.45, 7) is 4.44. The van der Waals surface area contributed by atoms with E-state index in [-0.39, 0.29) is 6.10 Å². The predicted molar refractivity (Wildman–Crippen MR) is 60.7 cm³/mol. The van der Waals surface area contributed by atoms with E-state index in [4.69, 9.17) is 4.74 Å². The second-order valence-electron chi connectivity index (χ2n) is 5.26. The highest BCUT2D eigenvalue weighted by Gasteiger charge is 2.43. The van der Waals surface area contributed by atoms with Gasteiger partial charge >= 0.3 is 0 Å². The fraction of sp³-hybridized carbons (Fsp3) is 1.00. The summed E-state index contributed by atoms with van der Waals surface area (Å²) < 4.78 is 5.79. The van der Waals surface area contributed by atoms with E-state index >= 15 is 0 Å². The van der Waals surface area contributed by atoms with E-state index in [0.29, 0.717) is 24.0 Å². The lowest BCUT2D eigenvalue weighted by Gasteiger charge is -2.26. The number of aliphatic hydroxyl groups excluding tert-OH is 1. The minimum absolute atomic E-state index is 0.120. The summed E-state index contributed by atoms with van der Waals surface area (Å²) in [7, 11) is 0. The standard InChI is InChI=1S/C13H24O2/c1-3-9(4-2)7-12(14)11-8-10-5-6-13(11)15-10/h9-14H,3-8H2,1-2H3. The highest BCUT2D eigenvalue weighted by Crippen LogP contribution is 2.41. The molecule has 2 heterocycles. The van der Waals surface area contributed by atoms with Crippen molar-refractivity contribution in [2.45, 2.75) is 70.7 Å². The van der Waals surface area contributed by atoms with Crippen LogP contribution in [0.15, 0.2) is 0 Å². The predicted octanol–water partition coefficient (Wildman–Crippen LogP) is 2.74. The van der Waals surface area contributed by atoms with E-state index in [1.807, 2.05) is 0 Å². The lowest BCUT2D eigenvalue weighted by molar-refractivity contribution is 0.0298. The molecule has 88 valence electrons. The smallest absolute Gasteiger partial charge is 0.0633 e. The van der Waals surface area contributed by atoms with Crippen LogP contribution in [-0.4, -0.2) is 23.4 Å². The molecule has 2 aliphatic rings. The zero-order chi connectivity index (χ0) is 10.8. The summed E-state index contributed by atoms with van der Waals surface area (Å²) in [5, 5.41) is 10.2. The first-order chi connectivity index (χ1) is 7.24. The Bertz CT molecular complexity index is 201. The number of hydrogen-bond donors (Lipinski definition) is 1. The molecule has 0 saturated carbocycles. The fourth-order valence-electron chi connectivity index (χ4n) is 3.22. The molecule has 2 nitrogen and oxygen atoms in total. The van der Waals surface area contributed by atoms with Crippen LogP contribution in [0.5, 0.6) is 0 Å². The van der Waals surface area contributed by atoms with Crippen molar-refractivity contribution in [2.75, 3.05) is 0 Å². The van der Waals surface area contributed by atoms with Crippen molar-refractivity contribution in [1.82, 2.24) is 0 Å². The summed E-state index contributed by atoms with van der Waals surface area (Å²) in [4.78, 5) is 0. The van der Waals surface area contributed by atoms with Gasteiger partial charge in [0.25, 0.3) is 0 Å². The van der Waals surface area contributed by atoms with Crippen LogP contribution in [0.1, 0.15) is 52.4 Å². The van der Waals surface area contributed by atoms with Gasteiger partial charge in [0.05, 0.1) is 18.3 Å². The van der Waals surface area contributed by atoms with Crippen LogP contribution >= 0.6 is 0 Å². The Morgan fingerprint density at radius 3 is 2.47 bits per heavy atom. The second-order valence-corrected chi connectivity index (χ2v) is 5.26. The Morgan fingerprint density at radius 2 is 2.00 bits per heavy atom. The Hall–Kier alpha value is -0.0800. The molecule has 0 aromatic heterocycles. The lowest BCUT2D eigenvalue weighted by Crippen LogP contribution is -2.30. The molecule has 0 aliphatic carbocycles. The van der Waals surface area contributed by atoms with Gasteiger partial charge in [0.15, 0.2) is 0 Å². The van der Waals surface area contributed by atoms with Crippen LogP contribution in [0.25, 0.3) is 0 Å². The summed E-state index contributed by atoms with van der Waals surface area (Å²) in [5.41, 5.74) is 0. The van der Waals surface area contributed by atoms with Crippen molar-refractivity contribution in [3.63, 3.8) is 0 Å². The maximum absolute atomic E-state index is 10.2. The Kier molecular flexibility index (Phi) is 3.68. The summed E-state index contributed by atoms with van der Waals surface area (Å²) >= 11 is 0. The molecular formula is C13H24O2. The van der Waals surface area contributed by atoms with Gasteiger partial charge in [-0.25, -0.2) is 0 Å². The zero-order valence-electron chi connectivity index (χ0n) is 9.98. The zero-order valence-corrected chi connectivity index (χ0v) is 9.98. The van der Waals surface area contributed by atoms with E-state index in [1.165, 1.54) is 25.7 Å². The Morgan fingerprint density at radius 1 is 1.27 bits per heavy atom. The van der Waals surface area contributed by atoms with E-state index in [2.05, 4.69) is 13.8 Å². The summed E-state index contributed by atoms with van der Waals surface area (Å²) in [5.74, 6) is 1.13. The molecule has 4 atom stereocenters. The number of hydrogen-bond acceptors (Lipinski definition) is 2. The van der Waals surface area contributed by atoms with Crippen molar-refractivity contribution < 1.29 is 9.84 Å². The SMILES string of the molecule is CCC(CC)CC(O)C1CC2CCC1O2. The average molecular weight is 212 g/mol. The minimum Gasteiger partial charge on any atom is -0.393 e. The van der Waals surface area contributed by atoms with Crippen LogP contribution in [0, 0.1) is 11.8 Å². The lowest BCUT2D eigenvalue weighted by atomic mass is 9.81. The number of fused-ring (bicyclic) bond motifs is 2. The highest BCUT2D eigenvalue weighted by atomic mass is 16.5. The van der Waals surface area contributed by atoms with Crippen LogP contribution in [0.2, 0.25) is 0 Å². The molecule has 2 saturated heterocycles. The van der Waals surface area contributed by atoms with E-state index in [9.17, 15) is 5.11 Å². The van der Waals surface area contributed by atoms with Crippen LogP contribution < -0.4 is 0 Å². The summed E-state index contributed by atoms with van der Waals surface area (Å²) in [6.07, 6.45) is 7.58. The van der Waals surface area contributed by atoms with Gasteiger partial charge in [0.2, 0.25) is 0 Å². The maximum Gasteiger partial charge on any atom is 0.0633 e. The molecule has 4 unspecified atom stereocenters. The quantitative estimate of drug-likeness (QED) is 0.759. The van der Waals surface area contributed by atoms with Crippen molar-refractivity contribution in [3.8, 4) is 0 Å². The van der Waals surface area contributed by atoms with Gasteiger partial charge < -0.3 is 9.84 Å². The molecule has 15 heavy (non-hydrogen) atoms. The molecule has 2 heteroatoms. The van der Waals surface area contributed by atoms with Crippen LogP contribution in [0.3, 0.4) is 0 Å². The van der Waals surface area contributed by atoms with E-state index in [1.54, 1.807) is 0 Å². The van der Waals surface area contributed by atoms with Crippen molar-refractivity contribution in [2.24, 2.45) is 11.8 Å². The Balaban J connectivity index is 1.83. The molecule has 0 radical (unpaired) electrons. The molecule has 2 aliphatic heterocycles. The highest BCUT2D eigenvalue weighted by molar-refractivity contribution is 4.93. The first-order valence-electron chi connectivity index (χ1n) is 6.58. The van der Waals surface area contributed by atoms with E-state index < -0.39 is 0 Å². The number of rotatable bonds is 5. The van der Waals surface area contributed by atoms with Gasteiger partial charge in [-0.3, -0.25) is 0 Å². The molecule has 0 aromatic carbocycles. The van der Waals surface area contributed by atoms with Crippen molar-refractivity contribution >= 4 is 0 Å². The van der Waals surface area contributed by atoms with Gasteiger partial charge in [-0.15, -0.1) is 0 Å². The monoisotopic (exact) mass is 212 g/mol. The topological polar surface area (TPSA) is 29.5 Å². The Labute approximate surface area is 93.0 Å². The molecular weight excluding hydrogens is 188 g/mol. The van der Waals surface area contributed by atoms with Gasteiger partial charge in [-0.05, 0) is 31.6 Å². The molecule has 0 aromatic rings. The molecule has 2 bridgehead atoms. The molecule has 2 fully saturated rings. The van der Waals surface area contributed by atoms with Gasteiger partial charge in [-0.2, -0.15) is 0 Å².